The summed E-state index contributed by atoms with van der Waals surface area (Å²) >= 11 is 0. The number of nitrogens with zero attached hydrogens (tertiary/aromatic N) is 4. The number of ether oxygens (including phenoxy) is 2. The van der Waals surface area contributed by atoms with Gasteiger partial charge in [-0.3, -0.25) is 14.4 Å². The highest BCUT2D eigenvalue weighted by molar-refractivity contribution is 5.72. The largest absolute Gasteiger partial charge is 0.573 e. The lowest BCUT2D eigenvalue weighted by Crippen LogP contribution is -2.31. The summed E-state index contributed by atoms with van der Waals surface area (Å²) in [4.78, 5) is 40.4. The molecule has 2 aliphatic rings. The molecule has 1 atom stereocenters. The third-order valence-corrected chi connectivity index (χ3v) is 7.21. The summed E-state index contributed by atoms with van der Waals surface area (Å²) in [5, 5.41) is 7.55. The van der Waals surface area contributed by atoms with Crippen molar-refractivity contribution in [1.29, 1.82) is 0 Å². The van der Waals surface area contributed by atoms with Gasteiger partial charge in [0.1, 0.15) is 11.4 Å². The molecule has 13 heteroatoms. The van der Waals surface area contributed by atoms with Gasteiger partial charge in [-0.2, -0.15) is 4.68 Å². The van der Waals surface area contributed by atoms with Crippen LogP contribution in [0.15, 0.2) is 52.2 Å². The lowest BCUT2D eigenvalue weighted by atomic mass is 10.1. The molecular weight excluding hydrogens is 531 g/mol. The van der Waals surface area contributed by atoms with E-state index in [1.165, 1.54) is 19.2 Å². The van der Waals surface area contributed by atoms with E-state index in [-0.39, 0.29) is 34.4 Å². The normalized spacial score (nSPS) is 17.1. The Morgan fingerprint density at radius 3 is 2.55 bits per heavy atom. The topological polar surface area (TPSA) is 108 Å². The van der Waals surface area contributed by atoms with Gasteiger partial charge < -0.3 is 24.3 Å². The van der Waals surface area contributed by atoms with Crippen molar-refractivity contribution in [3.8, 4) is 11.4 Å². The minimum atomic E-state index is -4.83. The van der Waals surface area contributed by atoms with E-state index in [9.17, 15) is 27.6 Å². The number of esters is 1. The zero-order valence-electron chi connectivity index (χ0n) is 21.7. The molecule has 0 spiro atoms. The van der Waals surface area contributed by atoms with Crippen LogP contribution in [0.4, 0.5) is 24.7 Å². The van der Waals surface area contributed by atoms with Crippen molar-refractivity contribution in [2.24, 2.45) is 5.92 Å². The van der Waals surface area contributed by atoms with Crippen LogP contribution >= 0.6 is 0 Å². The van der Waals surface area contributed by atoms with Gasteiger partial charge in [-0.25, -0.2) is 0 Å². The summed E-state index contributed by atoms with van der Waals surface area (Å²) in [6.45, 7) is 2.33. The van der Waals surface area contributed by atoms with E-state index in [1.807, 2.05) is 0 Å². The lowest BCUT2D eigenvalue weighted by molar-refractivity contribution is -0.274. The van der Waals surface area contributed by atoms with Gasteiger partial charge in [0.05, 0.1) is 18.7 Å². The quantitative estimate of drug-likeness (QED) is 0.420. The number of likely N-dealkylation sites (tertiary alicyclic amines) is 1. The predicted octanol–water partition coefficient (Wildman–Crippen LogP) is 3.02. The van der Waals surface area contributed by atoms with Crippen LogP contribution in [0.1, 0.15) is 24.0 Å². The maximum absolute atomic E-state index is 13.3. The number of pyridine rings is 1. The highest BCUT2D eigenvalue weighted by Gasteiger charge is 2.31. The molecule has 40 heavy (non-hydrogen) atoms. The molecule has 1 aliphatic carbocycles. The Balaban J connectivity index is 1.37. The summed E-state index contributed by atoms with van der Waals surface area (Å²) < 4.78 is 49.1. The van der Waals surface area contributed by atoms with E-state index in [2.05, 4.69) is 20.1 Å². The third kappa shape index (κ3) is 5.88. The smallest absolute Gasteiger partial charge is 0.469 e. The molecular formula is C27H28F3N5O5. The predicted molar refractivity (Wildman–Crippen MR) is 139 cm³/mol. The molecule has 5 rings (SSSR count). The minimum Gasteiger partial charge on any atom is -0.469 e. The summed E-state index contributed by atoms with van der Waals surface area (Å²) in [5.74, 6) is -0.453. The van der Waals surface area contributed by atoms with Crippen molar-refractivity contribution in [2.45, 2.75) is 38.6 Å². The first-order chi connectivity index (χ1) is 19.1. The van der Waals surface area contributed by atoms with E-state index in [4.69, 9.17) is 4.74 Å². The van der Waals surface area contributed by atoms with E-state index in [1.54, 1.807) is 22.9 Å². The van der Waals surface area contributed by atoms with Crippen LogP contribution in [0.2, 0.25) is 0 Å². The SMILES string of the molecule is COC(=O)C1CCN(CCn2cccc(Nc3nn(-c4ccc(OC(F)(F)F)cc4)c(=O)c4c3CCC4)c2=O)C1. The van der Waals surface area contributed by atoms with Crippen molar-refractivity contribution < 1.29 is 27.4 Å². The van der Waals surface area contributed by atoms with Crippen LogP contribution in [0.5, 0.6) is 5.75 Å². The van der Waals surface area contributed by atoms with Crippen molar-refractivity contribution in [1.82, 2.24) is 19.2 Å². The Morgan fingerprint density at radius 2 is 1.82 bits per heavy atom. The number of alkyl halides is 3. The molecule has 2 aromatic heterocycles. The van der Waals surface area contributed by atoms with Crippen molar-refractivity contribution >= 4 is 17.5 Å². The van der Waals surface area contributed by atoms with Gasteiger partial charge in [-0.1, -0.05) is 0 Å². The molecule has 212 valence electrons. The van der Waals surface area contributed by atoms with Gasteiger partial charge >= 0.3 is 12.3 Å². The Morgan fingerprint density at radius 1 is 1.07 bits per heavy atom. The number of hydrogen-bond donors (Lipinski definition) is 1. The second-order valence-electron chi connectivity index (χ2n) is 9.77. The van der Waals surface area contributed by atoms with Crippen LogP contribution in [-0.4, -0.2) is 58.3 Å². The van der Waals surface area contributed by atoms with E-state index >= 15 is 0 Å². The maximum atomic E-state index is 13.3. The Hall–Kier alpha value is -4.13. The van der Waals surface area contributed by atoms with Crippen molar-refractivity contribution in [3.63, 3.8) is 0 Å². The van der Waals surface area contributed by atoms with Gasteiger partial charge in [-0.05, 0) is 68.6 Å². The van der Waals surface area contributed by atoms with Gasteiger partial charge in [0.25, 0.3) is 11.1 Å². The van der Waals surface area contributed by atoms with Gasteiger partial charge in [0.15, 0.2) is 5.82 Å². The van der Waals surface area contributed by atoms with E-state index in [0.29, 0.717) is 50.3 Å². The van der Waals surface area contributed by atoms with Crippen LogP contribution in [0.25, 0.3) is 5.69 Å². The standard InChI is InChI=1S/C27H28F3N5O5/c1-39-26(38)17-11-13-33(16-17)14-15-34-12-3-6-22(25(34)37)31-23-20-4-2-5-21(20)24(36)35(32-23)18-7-9-19(10-8-18)40-27(28,29)30/h3,6-10,12,17H,2,4-5,11,13-16H2,1H3,(H,31,32). The summed E-state index contributed by atoms with van der Waals surface area (Å²) in [6.07, 6.45) is -0.550. The van der Waals surface area contributed by atoms with E-state index < -0.39 is 12.1 Å². The number of fused-ring (bicyclic) bond motifs is 1. The first kappa shape index (κ1) is 27.4. The molecule has 1 aromatic carbocycles. The van der Waals surface area contributed by atoms with Gasteiger partial charge in [0, 0.05) is 37.0 Å². The average Bonchev–Trinajstić information content (AvgIpc) is 3.61. The van der Waals surface area contributed by atoms with Crippen LogP contribution < -0.4 is 21.2 Å². The monoisotopic (exact) mass is 559 g/mol. The molecule has 0 amide bonds. The number of anilines is 2. The molecule has 10 nitrogen and oxygen atoms in total. The number of rotatable bonds is 8. The number of aromatic nitrogens is 3. The number of benzene rings is 1. The molecule has 0 bridgehead atoms. The van der Waals surface area contributed by atoms with Crippen LogP contribution in [-0.2, 0) is 28.9 Å². The molecule has 1 N–H and O–H groups in total. The fourth-order valence-electron chi connectivity index (χ4n) is 5.22. The van der Waals surface area contributed by atoms with Crippen molar-refractivity contribution in [3.05, 3.63) is 74.4 Å². The average molecular weight is 560 g/mol. The molecule has 1 saturated heterocycles. The number of halogens is 3. The highest BCUT2D eigenvalue weighted by atomic mass is 19.4. The van der Waals surface area contributed by atoms with E-state index in [0.717, 1.165) is 35.3 Å². The molecule has 0 radical (unpaired) electrons. The molecule has 0 saturated carbocycles. The number of nitrogens with one attached hydrogen (secondary N) is 1. The molecule has 3 heterocycles. The number of methoxy groups -OCH3 is 1. The summed E-state index contributed by atoms with van der Waals surface area (Å²) in [7, 11) is 1.38. The first-order valence-electron chi connectivity index (χ1n) is 12.9. The molecule has 1 unspecified atom stereocenters. The van der Waals surface area contributed by atoms with Gasteiger partial charge in [0.2, 0.25) is 0 Å². The Kier molecular flexibility index (Phi) is 7.66. The summed E-state index contributed by atoms with van der Waals surface area (Å²) in [6, 6.07) is 8.23. The number of carbonyl (C=O) groups is 1. The summed E-state index contributed by atoms with van der Waals surface area (Å²) in [5.41, 5.74) is 1.18. The zero-order chi connectivity index (χ0) is 28.4. The lowest BCUT2D eigenvalue weighted by Gasteiger charge is -2.17. The Bertz CT molecular complexity index is 1520. The fraction of sp³-hybridized carbons (Fsp3) is 0.407. The highest BCUT2D eigenvalue weighted by Crippen LogP contribution is 2.28. The zero-order valence-corrected chi connectivity index (χ0v) is 21.7. The number of carbonyl (C=O) groups excluding carboxylic acids is 1. The fourth-order valence-corrected chi connectivity index (χ4v) is 5.22. The van der Waals surface area contributed by atoms with Crippen LogP contribution in [0.3, 0.4) is 0 Å². The third-order valence-electron chi connectivity index (χ3n) is 7.21. The molecule has 3 aromatic rings. The van der Waals surface area contributed by atoms with Crippen LogP contribution in [0, 0.1) is 5.92 Å². The van der Waals surface area contributed by atoms with Crippen molar-refractivity contribution in [2.75, 3.05) is 32.1 Å². The second kappa shape index (κ2) is 11.2. The molecule has 1 aliphatic heterocycles. The Labute approximate surface area is 226 Å². The number of hydrogen-bond acceptors (Lipinski definition) is 8. The molecule has 1 fully saturated rings. The minimum absolute atomic E-state index is 0.160. The first-order valence-corrected chi connectivity index (χ1v) is 12.9. The maximum Gasteiger partial charge on any atom is 0.573 e. The second-order valence-corrected chi connectivity index (χ2v) is 9.77. The van der Waals surface area contributed by atoms with Gasteiger partial charge in [-0.15, -0.1) is 18.3 Å².